The van der Waals surface area contributed by atoms with Crippen LogP contribution in [0.15, 0.2) is 21.9 Å². The summed E-state index contributed by atoms with van der Waals surface area (Å²) in [6, 6.07) is 1.22. The van der Waals surface area contributed by atoms with Crippen molar-refractivity contribution in [3.05, 3.63) is 33.1 Å². The van der Waals surface area contributed by atoms with Gasteiger partial charge >= 0.3 is 11.7 Å². The van der Waals surface area contributed by atoms with Crippen LogP contribution in [0, 0.1) is 0 Å². The van der Waals surface area contributed by atoms with Crippen molar-refractivity contribution in [1.29, 1.82) is 0 Å². The minimum absolute atomic E-state index is 0.0740. The maximum atomic E-state index is 11.6. The second-order valence-corrected chi connectivity index (χ2v) is 4.26. The summed E-state index contributed by atoms with van der Waals surface area (Å²) in [7, 11) is 1.35. The number of carbonyl (C=O) groups excluding carboxylic acids is 1. The highest BCUT2D eigenvalue weighted by Crippen LogP contribution is 1.89. The fourth-order valence-electron chi connectivity index (χ4n) is 1.36. The van der Waals surface area contributed by atoms with Gasteiger partial charge in [0.15, 0.2) is 0 Å². The predicted molar refractivity (Wildman–Crippen MR) is 68.0 cm³/mol. The van der Waals surface area contributed by atoms with Gasteiger partial charge in [-0.1, -0.05) is 0 Å². The molecule has 1 rings (SSSR count). The van der Waals surface area contributed by atoms with Crippen molar-refractivity contribution in [2.75, 3.05) is 13.2 Å². The SMILES string of the molecule is CC(C)OCCOC(=O)Cn1ccc(=O)n(C)c1=O. The van der Waals surface area contributed by atoms with Crippen LogP contribution >= 0.6 is 0 Å². The third-order valence-electron chi connectivity index (χ3n) is 2.36. The first-order valence-corrected chi connectivity index (χ1v) is 5.95. The Balaban J connectivity index is 2.52. The molecule has 19 heavy (non-hydrogen) atoms. The molecule has 0 fully saturated rings. The topological polar surface area (TPSA) is 79.5 Å². The molecule has 1 aromatic rings. The highest BCUT2D eigenvalue weighted by atomic mass is 16.6. The lowest BCUT2D eigenvalue weighted by Gasteiger charge is -2.09. The number of hydrogen-bond acceptors (Lipinski definition) is 5. The number of rotatable bonds is 6. The van der Waals surface area contributed by atoms with Crippen LogP contribution in [0.25, 0.3) is 0 Å². The summed E-state index contributed by atoms with van der Waals surface area (Å²) in [5.74, 6) is -0.548. The van der Waals surface area contributed by atoms with Crippen LogP contribution < -0.4 is 11.2 Å². The van der Waals surface area contributed by atoms with Crippen molar-refractivity contribution < 1.29 is 14.3 Å². The molecule has 0 amide bonds. The van der Waals surface area contributed by atoms with Crippen molar-refractivity contribution in [3.63, 3.8) is 0 Å². The number of carbonyl (C=O) groups is 1. The Labute approximate surface area is 110 Å². The smallest absolute Gasteiger partial charge is 0.331 e. The van der Waals surface area contributed by atoms with E-state index in [0.29, 0.717) is 6.61 Å². The molecular weight excluding hydrogens is 252 g/mol. The molecule has 0 N–H and O–H groups in total. The van der Waals surface area contributed by atoms with E-state index in [1.807, 2.05) is 13.8 Å². The van der Waals surface area contributed by atoms with Crippen LogP contribution in [0.3, 0.4) is 0 Å². The van der Waals surface area contributed by atoms with Gasteiger partial charge in [0, 0.05) is 19.3 Å². The van der Waals surface area contributed by atoms with Gasteiger partial charge in [-0.25, -0.2) is 4.79 Å². The second-order valence-electron chi connectivity index (χ2n) is 4.26. The van der Waals surface area contributed by atoms with E-state index in [9.17, 15) is 14.4 Å². The Kier molecular flexibility index (Phi) is 5.50. The third kappa shape index (κ3) is 4.70. The normalized spacial score (nSPS) is 10.7. The molecule has 0 aliphatic rings. The third-order valence-corrected chi connectivity index (χ3v) is 2.36. The predicted octanol–water partition coefficient (Wildman–Crippen LogP) is -0.485. The van der Waals surface area contributed by atoms with E-state index in [1.165, 1.54) is 19.3 Å². The summed E-state index contributed by atoms with van der Waals surface area (Å²) < 4.78 is 12.2. The summed E-state index contributed by atoms with van der Waals surface area (Å²) in [4.78, 5) is 34.3. The van der Waals surface area contributed by atoms with Crippen LogP contribution in [0.1, 0.15) is 13.8 Å². The van der Waals surface area contributed by atoms with Crippen molar-refractivity contribution in [3.8, 4) is 0 Å². The molecule has 1 heterocycles. The standard InChI is InChI=1S/C12H18N2O5/c1-9(2)18-6-7-19-11(16)8-14-5-4-10(15)13(3)12(14)17/h4-5,9H,6-8H2,1-3H3. The Morgan fingerprint density at radius 1 is 1.32 bits per heavy atom. The Morgan fingerprint density at radius 2 is 2.00 bits per heavy atom. The molecule has 106 valence electrons. The molecule has 0 bridgehead atoms. The lowest BCUT2D eigenvalue weighted by Crippen LogP contribution is -2.38. The molecule has 0 spiro atoms. The number of esters is 1. The highest BCUT2D eigenvalue weighted by molar-refractivity contribution is 5.69. The minimum Gasteiger partial charge on any atom is -0.462 e. The Morgan fingerprint density at radius 3 is 2.63 bits per heavy atom. The van der Waals surface area contributed by atoms with Gasteiger partial charge in [-0.15, -0.1) is 0 Å². The van der Waals surface area contributed by atoms with Crippen molar-refractivity contribution in [1.82, 2.24) is 9.13 Å². The van der Waals surface area contributed by atoms with Crippen LogP contribution in [-0.4, -0.2) is 34.4 Å². The van der Waals surface area contributed by atoms with Gasteiger partial charge in [0.05, 0.1) is 12.7 Å². The average molecular weight is 270 g/mol. The zero-order valence-corrected chi connectivity index (χ0v) is 11.3. The van der Waals surface area contributed by atoms with Crippen LogP contribution in [-0.2, 0) is 27.9 Å². The second kappa shape index (κ2) is 6.89. The summed E-state index contributed by atoms with van der Waals surface area (Å²) in [6.45, 7) is 3.98. The fourth-order valence-corrected chi connectivity index (χ4v) is 1.36. The molecule has 0 atom stereocenters. The first-order chi connectivity index (χ1) is 8.91. The number of ether oxygens (including phenoxy) is 2. The molecule has 7 nitrogen and oxygen atoms in total. The maximum Gasteiger partial charge on any atom is 0.331 e. The fraction of sp³-hybridized carbons (Fsp3) is 0.583. The van der Waals surface area contributed by atoms with E-state index in [4.69, 9.17) is 9.47 Å². The largest absolute Gasteiger partial charge is 0.462 e. The van der Waals surface area contributed by atoms with Gasteiger partial charge in [0.1, 0.15) is 13.2 Å². The van der Waals surface area contributed by atoms with E-state index in [1.54, 1.807) is 0 Å². The number of hydrogen-bond donors (Lipinski definition) is 0. The first-order valence-electron chi connectivity index (χ1n) is 5.95. The lowest BCUT2D eigenvalue weighted by atomic mass is 10.5. The molecule has 0 radical (unpaired) electrons. The Hall–Kier alpha value is -1.89. The van der Waals surface area contributed by atoms with E-state index < -0.39 is 17.2 Å². The quantitative estimate of drug-likeness (QED) is 0.515. The number of nitrogens with zero attached hydrogens (tertiary/aromatic N) is 2. The maximum absolute atomic E-state index is 11.6. The molecule has 0 aromatic carbocycles. The van der Waals surface area contributed by atoms with Crippen molar-refractivity contribution in [2.24, 2.45) is 7.05 Å². The summed E-state index contributed by atoms with van der Waals surface area (Å²) in [5.41, 5.74) is -0.970. The highest BCUT2D eigenvalue weighted by Gasteiger charge is 2.08. The monoisotopic (exact) mass is 270 g/mol. The van der Waals surface area contributed by atoms with Gasteiger partial charge in [-0.2, -0.15) is 0 Å². The van der Waals surface area contributed by atoms with Gasteiger partial charge < -0.3 is 9.47 Å². The minimum atomic E-state index is -0.553. The zero-order valence-electron chi connectivity index (χ0n) is 11.3. The summed E-state index contributed by atoms with van der Waals surface area (Å²) in [5, 5.41) is 0. The van der Waals surface area contributed by atoms with Gasteiger partial charge in [0.2, 0.25) is 0 Å². The Bertz CT molecular complexity index is 544. The molecule has 7 heteroatoms. The molecular formula is C12H18N2O5. The van der Waals surface area contributed by atoms with Gasteiger partial charge in [-0.05, 0) is 13.8 Å². The van der Waals surface area contributed by atoms with Crippen molar-refractivity contribution >= 4 is 5.97 Å². The lowest BCUT2D eigenvalue weighted by molar-refractivity contribution is -0.146. The first kappa shape index (κ1) is 15.2. The average Bonchev–Trinajstić information content (AvgIpc) is 2.35. The van der Waals surface area contributed by atoms with Crippen LogP contribution in [0.2, 0.25) is 0 Å². The van der Waals surface area contributed by atoms with Gasteiger partial charge in [0.25, 0.3) is 5.56 Å². The number of aromatic nitrogens is 2. The van der Waals surface area contributed by atoms with Crippen molar-refractivity contribution in [2.45, 2.75) is 26.5 Å². The van der Waals surface area contributed by atoms with Crippen LogP contribution in [0.5, 0.6) is 0 Å². The molecule has 0 aliphatic heterocycles. The zero-order chi connectivity index (χ0) is 14.4. The van der Waals surface area contributed by atoms with Crippen LogP contribution in [0.4, 0.5) is 0 Å². The molecule has 0 aliphatic carbocycles. The van der Waals surface area contributed by atoms with E-state index in [0.717, 1.165) is 9.13 Å². The summed E-state index contributed by atoms with van der Waals surface area (Å²) in [6.07, 6.45) is 1.35. The van der Waals surface area contributed by atoms with E-state index >= 15 is 0 Å². The van der Waals surface area contributed by atoms with Gasteiger partial charge in [-0.3, -0.25) is 18.7 Å². The molecule has 0 saturated heterocycles. The molecule has 0 saturated carbocycles. The van der Waals surface area contributed by atoms with E-state index in [2.05, 4.69) is 0 Å². The summed E-state index contributed by atoms with van der Waals surface area (Å²) >= 11 is 0. The molecule has 1 aromatic heterocycles. The van der Waals surface area contributed by atoms with E-state index in [-0.39, 0.29) is 19.3 Å². The molecule has 0 unspecified atom stereocenters.